The Labute approximate surface area is 151 Å². The van der Waals surface area contributed by atoms with Gasteiger partial charge in [0.25, 0.3) is 0 Å². The Morgan fingerprint density at radius 3 is 2.48 bits per heavy atom. The summed E-state index contributed by atoms with van der Waals surface area (Å²) in [5.41, 5.74) is 0. The quantitative estimate of drug-likeness (QED) is 0.828. The summed E-state index contributed by atoms with van der Waals surface area (Å²) in [4.78, 5) is 29.3. The Hall–Kier alpha value is -1.14. The Morgan fingerprint density at radius 2 is 1.76 bits per heavy atom. The van der Waals surface area contributed by atoms with E-state index in [2.05, 4.69) is 17.1 Å². The van der Waals surface area contributed by atoms with Crippen LogP contribution in [0, 0.1) is 11.8 Å². The van der Waals surface area contributed by atoms with Gasteiger partial charge >= 0.3 is 0 Å². The molecule has 6 heteroatoms. The van der Waals surface area contributed by atoms with Crippen molar-refractivity contribution in [1.29, 1.82) is 0 Å². The topological polar surface area (TPSA) is 61.9 Å². The zero-order valence-corrected chi connectivity index (χ0v) is 15.5. The van der Waals surface area contributed by atoms with Crippen LogP contribution in [0.25, 0.3) is 0 Å². The first kappa shape index (κ1) is 18.6. The number of nitrogens with zero attached hydrogens (tertiary/aromatic N) is 2. The van der Waals surface area contributed by atoms with Crippen LogP contribution in [0.2, 0.25) is 0 Å². The van der Waals surface area contributed by atoms with Crippen LogP contribution in [0.1, 0.15) is 45.4 Å². The third-order valence-electron chi connectivity index (χ3n) is 5.94. The second-order valence-corrected chi connectivity index (χ2v) is 8.03. The van der Waals surface area contributed by atoms with Crippen molar-refractivity contribution < 1.29 is 14.3 Å². The lowest BCUT2D eigenvalue weighted by atomic mass is 9.96. The van der Waals surface area contributed by atoms with E-state index in [4.69, 9.17) is 4.74 Å². The fourth-order valence-corrected chi connectivity index (χ4v) is 4.12. The normalized spacial score (nSPS) is 27.2. The zero-order valence-electron chi connectivity index (χ0n) is 15.5. The molecule has 0 aromatic rings. The van der Waals surface area contributed by atoms with Gasteiger partial charge in [-0.05, 0) is 51.0 Å². The molecule has 0 saturated carbocycles. The number of rotatable bonds is 4. The maximum atomic E-state index is 12.6. The third kappa shape index (κ3) is 5.42. The minimum absolute atomic E-state index is 0.0192. The molecule has 3 saturated heterocycles. The van der Waals surface area contributed by atoms with Crippen molar-refractivity contribution in [3.05, 3.63) is 0 Å². The number of hydrogen-bond acceptors (Lipinski definition) is 4. The summed E-state index contributed by atoms with van der Waals surface area (Å²) in [6, 6.07) is 0.258. The van der Waals surface area contributed by atoms with Crippen LogP contribution in [0.15, 0.2) is 0 Å². The van der Waals surface area contributed by atoms with Gasteiger partial charge in [0.1, 0.15) is 0 Å². The minimum Gasteiger partial charge on any atom is -0.381 e. The van der Waals surface area contributed by atoms with E-state index in [0.717, 1.165) is 77.3 Å². The van der Waals surface area contributed by atoms with Crippen LogP contribution in [0.4, 0.5) is 0 Å². The van der Waals surface area contributed by atoms with E-state index in [-0.39, 0.29) is 23.8 Å². The van der Waals surface area contributed by atoms with Crippen molar-refractivity contribution >= 4 is 11.8 Å². The molecule has 0 spiro atoms. The van der Waals surface area contributed by atoms with E-state index < -0.39 is 0 Å². The Bertz CT molecular complexity index is 457. The van der Waals surface area contributed by atoms with Gasteiger partial charge in [0, 0.05) is 38.9 Å². The molecule has 3 fully saturated rings. The number of amides is 2. The molecule has 3 aliphatic heterocycles. The fraction of sp³-hybridized carbons (Fsp3) is 0.895. The number of ether oxygens (including phenoxy) is 1. The highest BCUT2D eigenvalue weighted by molar-refractivity contribution is 5.80. The average molecular weight is 351 g/mol. The molecule has 2 amide bonds. The van der Waals surface area contributed by atoms with Gasteiger partial charge in [-0.1, -0.05) is 6.92 Å². The molecule has 6 nitrogen and oxygen atoms in total. The van der Waals surface area contributed by atoms with Crippen LogP contribution in [0.5, 0.6) is 0 Å². The molecule has 3 aliphatic rings. The average Bonchev–Trinajstić information content (AvgIpc) is 2.63. The summed E-state index contributed by atoms with van der Waals surface area (Å²) in [6.45, 7) is 7.63. The van der Waals surface area contributed by atoms with Gasteiger partial charge in [0.05, 0.1) is 12.5 Å². The predicted molar refractivity (Wildman–Crippen MR) is 96.1 cm³/mol. The maximum absolute atomic E-state index is 12.6. The molecular formula is C19H33N3O3. The first-order chi connectivity index (χ1) is 12.1. The molecular weight excluding hydrogens is 318 g/mol. The first-order valence-corrected chi connectivity index (χ1v) is 10.00. The van der Waals surface area contributed by atoms with Gasteiger partial charge in [0.15, 0.2) is 0 Å². The minimum atomic E-state index is 0.0192. The van der Waals surface area contributed by atoms with Gasteiger partial charge < -0.3 is 15.0 Å². The van der Waals surface area contributed by atoms with Crippen molar-refractivity contribution in [2.45, 2.75) is 51.5 Å². The predicted octanol–water partition coefficient (Wildman–Crippen LogP) is 1.25. The lowest BCUT2D eigenvalue weighted by Gasteiger charge is -2.35. The number of carbonyl (C=O) groups excluding carboxylic acids is 2. The van der Waals surface area contributed by atoms with Crippen molar-refractivity contribution in [2.75, 3.05) is 45.9 Å². The summed E-state index contributed by atoms with van der Waals surface area (Å²) < 4.78 is 5.35. The number of nitrogens with one attached hydrogen (secondary N) is 1. The highest BCUT2D eigenvalue weighted by Gasteiger charge is 2.30. The molecule has 3 rings (SSSR count). The van der Waals surface area contributed by atoms with Gasteiger partial charge in [0.2, 0.25) is 11.8 Å². The molecule has 1 atom stereocenters. The van der Waals surface area contributed by atoms with Crippen LogP contribution < -0.4 is 5.32 Å². The van der Waals surface area contributed by atoms with E-state index in [1.165, 1.54) is 0 Å². The van der Waals surface area contributed by atoms with Gasteiger partial charge in [-0.15, -0.1) is 0 Å². The number of carbonyl (C=O) groups is 2. The molecule has 0 aromatic carbocycles. The first-order valence-electron chi connectivity index (χ1n) is 10.00. The standard InChI is InChI=1S/C19H33N3O3/c1-15-4-9-22(10-5-15)18(23)14-21-8-2-3-16(13-21)19(24)20-17-6-11-25-12-7-17/h15-17H,2-14H2,1H3,(H,20,24). The molecule has 0 aromatic heterocycles. The number of piperidine rings is 2. The van der Waals surface area contributed by atoms with Crippen LogP contribution >= 0.6 is 0 Å². The second kappa shape index (κ2) is 8.99. The number of hydrogen-bond donors (Lipinski definition) is 1. The summed E-state index contributed by atoms with van der Waals surface area (Å²) in [7, 11) is 0. The van der Waals surface area contributed by atoms with Crippen LogP contribution in [-0.4, -0.2) is 73.6 Å². The van der Waals surface area contributed by atoms with E-state index in [1.807, 2.05) is 4.90 Å². The van der Waals surface area contributed by atoms with Gasteiger partial charge in [-0.3, -0.25) is 14.5 Å². The van der Waals surface area contributed by atoms with E-state index in [9.17, 15) is 9.59 Å². The lowest BCUT2D eigenvalue weighted by Crippen LogP contribution is -2.50. The molecule has 0 bridgehead atoms. The summed E-state index contributed by atoms with van der Waals surface area (Å²) in [5.74, 6) is 1.15. The van der Waals surface area contributed by atoms with Crippen molar-refractivity contribution in [3.63, 3.8) is 0 Å². The van der Waals surface area contributed by atoms with Gasteiger partial charge in [-0.2, -0.15) is 0 Å². The Balaban J connectivity index is 1.44. The molecule has 3 heterocycles. The van der Waals surface area contributed by atoms with Crippen LogP contribution in [-0.2, 0) is 14.3 Å². The van der Waals surface area contributed by atoms with Gasteiger partial charge in [-0.25, -0.2) is 0 Å². The highest BCUT2D eigenvalue weighted by atomic mass is 16.5. The monoisotopic (exact) mass is 351 g/mol. The maximum Gasteiger partial charge on any atom is 0.236 e. The zero-order chi connectivity index (χ0) is 17.6. The molecule has 1 unspecified atom stereocenters. The largest absolute Gasteiger partial charge is 0.381 e. The molecule has 25 heavy (non-hydrogen) atoms. The van der Waals surface area contributed by atoms with Crippen molar-refractivity contribution in [3.8, 4) is 0 Å². The van der Waals surface area contributed by atoms with Crippen LogP contribution in [0.3, 0.4) is 0 Å². The Morgan fingerprint density at radius 1 is 1.04 bits per heavy atom. The highest BCUT2D eigenvalue weighted by Crippen LogP contribution is 2.20. The summed E-state index contributed by atoms with van der Waals surface area (Å²) in [5, 5.41) is 3.19. The SMILES string of the molecule is CC1CCN(C(=O)CN2CCCC(C(=O)NC3CCOCC3)C2)CC1. The van der Waals surface area contributed by atoms with Crippen molar-refractivity contribution in [2.24, 2.45) is 11.8 Å². The second-order valence-electron chi connectivity index (χ2n) is 8.03. The fourth-order valence-electron chi connectivity index (χ4n) is 4.12. The lowest BCUT2D eigenvalue weighted by molar-refractivity contribution is -0.136. The summed E-state index contributed by atoms with van der Waals surface area (Å²) >= 11 is 0. The van der Waals surface area contributed by atoms with E-state index >= 15 is 0 Å². The van der Waals surface area contributed by atoms with Crippen molar-refractivity contribution in [1.82, 2.24) is 15.1 Å². The Kier molecular flexibility index (Phi) is 6.70. The molecule has 0 radical (unpaired) electrons. The molecule has 1 N–H and O–H groups in total. The van der Waals surface area contributed by atoms with E-state index in [1.54, 1.807) is 0 Å². The number of likely N-dealkylation sites (tertiary alicyclic amines) is 2. The smallest absolute Gasteiger partial charge is 0.236 e. The van der Waals surface area contributed by atoms with E-state index in [0.29, 0.717) is 13.1 Å². The molecule has 142 valence electrons. The summed E-state index contributed by atoms with van der Waals surface area (Å²) in [6.07, 6.45) is 5.98. The molecule has 0 aliphatic carbocycles. The third-order valence-corrected chi connectivity index (χ3v) is 5.94.